The molecular weight excluding hydrogens is 280 g/mol. The number of nitrogens with one attached hydrogen (secondary N) is 1. The van der Waals surface area contributed by atoms with Crippen LogP contribution < -0.4 is 5.32 Å². The van der Waals surface area contributed by atoms with Crippen molar-refractivity contribution in [1.29, 1.82) is 0 Å². The van der Waals surface area contributed by atoms with Crippen molar-refractivity contribution in [3.8, 4) is 0 Å². The number of hydrogen-bond acceptors (Lipinski definition) is 2. The van der Waals surface area contributed by atoms with Gasteiger partial charge in [-0.15, -0.1) is 0 Å². The zero-order valence-electron chi connectivity index (χ0n) is 13.3. The highest BCUT2D eigenvalue weighted by Gasteiger charge is 2.23. The first-order valence-electron chi connectivity index (χ1n) is 7.88. The zero-order valence-corrected chi connectivity index (χ0v) is 14.1. The summed E-state index contributed by atoms with van der Waals surface area (Å²) in [6.07, 6.45) is 4.08. The van der Waals surface area contributed by atoms with Gasteiger partial charge in [-0.25, -0.2) is 0 Å². The van der Waals surface area contributed by atoms with E-state index in [0.717, 1.165) is 30.3 Å². The number of rotatable bonds is 4. The minimum Gasteiger partial charge on any atom is -0.372 e. The van der Waals surface area contributed by atoms with E-state index in [-0.39, 0.29) is 12.2 Å². The van der Waals surface area contributed by atoms with Crippen LogP contribution in [0.4, 0.5) is 5.69 Å². The number of anilines is 1. The first-order valence-corrected chi connectivity index (χ1v) is 8.29. The van der Waals surface area contributed by atoms with Crippen LogP contribution in [-0.2, 0) is 11.2 Å². The minimum absolute atomic E-state index is 0.227. The molecule has 0 bridgehead atoms. The molecule has 1 aromatic carbocycles. The predicted molar refractivity (Wildman–Crippen MR) is 92.9 cm³/mol. The lowest BCUT2D eigenvalue weighted by Gasteiger charge is -2.36. The Kier molecular flexibility index (Phi) is 6.00. The quantitative estimate of drug-likeness (QED) is 0.854. The number of nitrogens with zero attached hydrogens (tertiary/aromatic N) is 1. The Balaban J connectivity index is 1.90. The van der Waals surface area contributed by atoms with Crippen LogP contribution in [0.3, 0.4) is 0 Å². The van der Waals surface area contributed by atoms with Gasteiger partial charge < -0.3 is 15.0 Å². The molecule has 116 valence electrons. The molecule has 1 heterocycles. The summed E-state index contributed by atoms with van der Waals surface area (Å²) in [6, 6.07) is 8.60. The van der Waals surface area contributed by atoms with Gasteiger partial charge >= 0.3 is 0 Å². The molecule has 3 nitrogen and oxygen atoms in total. The van der Waals surface area contributed by atoms with Crippen LogP contribution in [-0.4, -0.2) is 35.3 Å². The van der Waals surface area contributed by atoms with Gasteiger partial charge in [0.05, 0.1) is 12.2 Å². The van der Waals surface area contributed by atoms with Crippen LogP contribution in [0, 0.1) is 0 Å². The number of benzene rings is 1. The fraction of sp³-hybridized carbons (Fsp3) is 0.588. The topological polar surface area (TPSA) is 24.5 Å². The van der Waals surface area contributed by atoms with E-state index in [1.54, 1.807) is 0 Å². The molecule has 21 heavy (non-hydrogen) atoms. The van der Waals surface area contributed by atoms with Crippen LogP contribution >= 0.6 is 12.2 Å². The number of ether oxygens (including phenoxy) is 1. The van der Waals surface area contributed by atoms with E-state index >= 15 is 0 Å². The van der Waals surface area contributed by atoms with Crippen LogP contribution in [0.25, 0.3) is 0 Å². The third-order valence-electron chi connectivity index (χ3n) is 3.73. The average Bonchev–Trinajstić information content (AvgIpc) is 2.45. The monoisotopic (exact) mass is 306 g/mol. The minimum atomic E-state index is 0.227. The SMILES string of the molecule is CCCCc1ccc(NC(=S)N2C[C@@H](C)O[C@H](C)C2)cc1. The van der Waals surface area contributed by atoms with Crippen LogP contribution in [0.5, 0.6) is 0 Å². The molecule has 2 atom stereocenters. The molecule has 1 aromatic rings. The molecule has 1 aliphatic rings. The number of unbranched alkanes of at least 4 members (excludes halogenated alkanes) is 1. The van der Waals surface area contributed by atoms with Crippen molar-refractivity contribution in [1.82, 2.24) is 4.90 Å². The van der Waals surface area contributed by atoms with Crippen molar-refractivity contribution in [3.63, 3.8) is 0 Å². The molecule has 1 N–H and O–H groups in total. The summed E-state index contributed by atoms with van der Waals surface area (Å²) in [7, 11) is 0. The van der Waals surface area contributed by atoms with Crippen molar-refractivity contribution >= 4 is 23.0 Å². The highest BCUT2D eigenvalue weighted by molar-refractivity contribution is 7.80. The first-order chi connectivity index (χ1) is 10.1. The van der Waals surface area contributed by atoms with Gasteiger partial charge in [0.2, 0.25) is 0 Å². The fourth-order valence-corrected chi connectivity index (χ4v) is 2.95. The summed E-state index contributed by atoms with van der Waals surface area (Å²) in [5.41, 5.74) is 2.45. The molecule has 0 radical (unpaired) electrons. The maximum absolute atomic E-state index is 5.74. The molecule has 4 heteroatoms. The van der Waals surface area contributed by atoms with E-state index in [0.29, 0.717) is 0 Å². The van der Waals surface area contributed by atoms with E-state index in [2.05, 4.69) is 55.3 Å². The molecular formula is C17H26N2OS. The smallest absolute Gasteiger partial charge is 0.173 e. The van der Waals surface area contributed by atoms with Crippen molar-refractivity contribution in [2.45, 2.75) is 52.2 Å². The molecule has 0 amide bonds. The van der Waals surface area contributed by atoms with E-state index in [9.17, 15) is 0 Å². The van der Waals surface area contributed by atoms with Crippen molar-refractivity contribution in [2.24, 2.45) is 0 Å². The molecule has 2 rings (SSSR count). The predicted octanol–water partition coefficient (Wildman–Crippen LogP) is 3.84. The summed E-state index contributed by atoms with van der Waals surface area (Å²) in [6.45, 7) is 8.11. The van der Waals surface area contributed by atoms with Gasteiger partial charge in [-0.2, -0.15) is 0 Å². The van der Waals surface area contributed by atoms with Gasteiger partial charge in [0.15, 0.2) is 5.11 Å². The summed E-state index contributed by atoms with van der Waals surface area (Å²) in [4.78, 5) is 2.19. The lowest BCUT2D eigenvalue weighted by Crippen LogP contribution is -2.49. The third-order valence-corrected chi connectivity index (χ3v) is 4.09. The number of hydrogen-bond donors (Lipinski definition) is 1. The second-order valence-electron chi connectivity index (χ2n) is 5.89. The summed E-state index contributed by atoms with van der Waals surface area (Å²) in [5.74, 6) is 0. The lowest BCUT2D eigenvalue weighted by atomic mass is 10.1. The Morgan fingerprint density at radius 3 is 2.43 bits per heavy atom. The van der Waals surface area contributed by atoms with Gasteiger partial charge in [0.25, 0.3) is 0 Å². The van der Waals surface area contributed by atoms with E-state index < -0.39 is 0 Å². The third kappa shape index (κ3) is 4.97. The molecule has 0 unspecified atom stereocenters. The van der Waals surface area contributed by atoms with Crippen molar-refractivity contribution < 1.29 is 4.74 Å². The van der Waals surface area contributed by atoms with E-state index in [1.807, 2.05) is 0 Å². The molecule has 1 fully saturated rings. The maximum Gasteiger partial charge on any atom is 0.173 e. The largest absolute Gasteiger partial charge is 0.372 e. The second-order valence-corrected chi connectivity index (χ2v) is 6.28. The molecule has 0 spiro atoms. The highest BCUT2D eigenvalue weighted by atomic mass is 32.1. The van der Waals surface area contributed by atoms with E-state index in [1.165, 1.54) is 18.4 Å². The fourth-order valence-electron chi connectivity index (χ4n) is 2.68. The number of thiocarbonyl (C=S) groups is 1. The summed E-state index contributed by atoms with van der Waals surface area (Å²) >= 11 is 5.52. The maximum atomic E-state index is 5.74. The Morgan fingerprint density at radius 2 is 1.86 bits per heavy atom. The number of morpholine rings is 1. The Hall–Kier alpha value is -1.13. The van der Waals surface area contributed by atoms with Gasteiger partial charge in [0.1, 0.15) is 0 Å². The normalized spacial score (nSPS) is 22.1. The van der Waals surface area contributed by atoms with Gasteiger partial charge in [0, 0.05) is 18.8 Å². The number of aryl methyl sites for hydroxylation is 1. The van der Waals surface area contributed by atoms with Crippen LogP contribution in [0.2, 0.25) is 0 Å². The molecule has 1 aliphatic heterocycles. The Bertz CT molecular complexity index is 450. The van der Waals surface area contributed by atoms with Crippen molar-refractivity contribution in [3.05, 3.63) is 29.8 Å². The van der Waals surface area contributed by atoms with Crippen LogP contribution in [0.15, 0.2) is 24.3 Å². The van der Waals surface area contributed by atoms with Gasteiger partial charge in [-0.3, -0.25) is 0 Å². The average molecular weight is 306 g/mol. The summed E-state index contributed by atoms with van der Waals surface area (Å²) < 4.78 is 5.74. The van der Waals surface area contributed by atoms with Crippen molar-refractivity contribution in [2.75, 3.05) is 18.4 Å². The standard InChI is InChI=1S/C17H26N2OS/c1-4-5-6-15-7-9-16(10-8-15)18-17(21)19-11-13(2)20-14(3)12-19/h7-10,13-14H,4-6,11-12H2,1-3H3,(H,18,21)/t13-,14-/m1/s1. The van der Waals surface area contributed by atoms with Crippen LogP contribution in [0.1, 0.15) is 39.2 Å². The molecule has 0 aliphatic carbocycles. The molecule has 0 aromatic heterocycles. The van der Waals surface area contributed by atoms with Gasteiger partial charge in [-0.1, -0.05) is 25.5 Å². The Morgan fingerprint density at radius 1 is 1.24 bits per heavy atom. The molecule has 1 saturated heterocycles. The first kappa shape index (κ1) is 16.2. The lowest BCUT2D eigenvalue weighted by molar-refractivity contribution is -0.0473. The van der Waals surface area contributed by atoms with Gasteiger partial charge in [-0.05, 0) is 56.6 Å². The Labute approximate surface area is 133 Å². The zero-order chi connectivity index (χ0) is 15.2. The summed E-state index contributed by atoms with van der Waals surface area (Å²) in [5, 5.41) is 4.13. The molecule has 0 saturated carbocycles. The highest BCUT2D eigenvalue weighted by Crippen LogP contribution is 2.15. The van der Waals surface area contributed by atoms with E-state index in [4.69, 9.17) is 17.0 Å². The second kappa shape index (κ2) is 7.76.